The highest BCUT2D eigenvalue weighted by atomic mass is 19.1. The highest BCUT2D eigenvalue weighted by molar-refractivity contribution is 5.97. The summed E-state index contributed by atoms with van der Waals surface area (Å²) in [4.78, 5) is 24.9. The number of carbonyl (C=O) groups is 2. The van der Waals surface area contributed by atoms with Crippen molar-refractivity contribution in [2.45, 2.75) is 6.92 Å². The molecule has 2 rings (SSSR count). The van der Waals surface area contributed by atoms with E-state index in [4.69, 9.17) is 4.74 Å². The molecule has 0 aliphatic heterocycles. The van der Waals surface area contributed by atoms with E-state index in [1.807, 2.05) is 0 Å². The molecule has 0 aliphatic carbocycles. The maximum atomic E-state index is 13.9. The van der Waals surface area contributed by atoms with Crippen LogP contribution in [0.1, 0.15) is 17.3 Å². The Balaban J connectivity index is 2.08. The molecule has 25 heavy (non-hydrogen) atoms. The van der Waals surface area contributed by atoms with E-state index in [-0.39, 0.29) is 13.1 Å². The second-order valence-corrected chi connectivity index (χ2v) is 5.20. The second-order valence-electron chi connectivity index (χ2n) is 5.20. The van der Waals surface area contributed by atoms with Crippen LogP contribution in [0.2, 0.25) is 0 Å². The van der Waals surface area contributed by atoms with Crippen molar-refractivity contribution in [3.8, 4) is 5.75 Å². The van der Waals surface area contributed by atoms with Gasteiger partial charge in [0, 0.05) is 20.0 Å². The highest BCUT2D eigenvalue weighted by Gasteiger charge is 2.20. The van der Waals surface area contributed by atoms with Crippen molar-refractivity contribution in [3.63, 3.8) is 0 Å². The molecule has 132 valence electrons. The number of hydrogen-bond donors (Lipinski definition) is 1. The van der Waals surface area contributed by atoms with Gasteiger partial charge >= 0.3 is 0 Å². The fraction of sp³-hybridized carbons (Fsp3) is 0.222. The average molecular weight is 348 g/mol. The molecule has 0 atom stereocenters. The quantitative estimate of drug-likeness (QED) is 0.873. The molecular formula is C18H18F2N2O3. The van der Waals surface area contributed by atoms with Gasteiger partial charge in [-0.1, -0.05) is 18.2 Å². The van der Waals surface area contributed by atoms with Crippen molar-refractivity contribution in [2.75, 3.05) is 25.1 Å². The summed E-state index contributed by atoms with van der Waals surface area (Å²) in [6, 6.07) is 10.0. The zero-order chi connectivity index (χ0) is 18.4. The molecule has 2 aromatic rings. The number of nitrogens with zero attached hydrogens (tertiary/aromatic N) is 1. The smallest absolute Gasteiger partial charge is 0.255 e. The minimum Gasteiger partial charge on any atom is -0.496 e. The molecule has 2 amide bonds. The van der Waals surface area contributed by atoms with Gasteiger partial charge in [0.25, 0.3) is 5.91 Å². The summed E-state index contributed by atoms with van der Waals surface area (Å²) in [6.45, 7) is 1.15. The lowest BCUT2D eigenvalue weighted by molar-refractivity contribution is -0.116. The Hall–Kier alpha value is -2.96. The van der Waals surface area contributed by atoms with Crippen LogP contribution < -0.4 is 15.0 Å². The monoisotopic (exact) mass is 348 g/mol. The van der Waals surface area contributed by atoms with Crippen molar-refractivity contribution in [1.82, 2.24) is 5.32 Å². The Labute approximate surface area is 144 Å². The summed E-state index contributed by atoms with van der Waals surface area (Å²) in [6.07, 6.45) is 0. The fourth-order valence-electron chi connectivity index (χ4n) is 2.38. The Morgan fingerprint density at radius 2 is 1.72 bits per heavy atom. The van der Waals surface area contributed by atoms with E-state index in [0.717, 1.165) is 17.0 Å². The molecule has 0 aliphatic rings. The van der Waals surface area contributed by atoms with Crippen molar-refractivity contribution in [3.05, 3.63) is 59.7 Å². The van der Waals surface area contributed by atoms with E-state index in [1.54, 1.807) is 24.3 Å². The third kappa shape index (κ3) is 4.32. The molecule has 0 heterocycles. The van der Waals surface area contributed by atoms with Gasteiger partial charge in [0.1, 0.15) is 23.1 Å². The first-order valence-corrected chi connectivity index (χ1v) is 7.59. The molecule has 7 heteroatoms. The summed E-state index contributed by atoms with van der Waals surface area (Å²) in [5, 5.41) is 2.61. The Morgan fingerprint density at radius 1 is 1.08 bits per heavy atom. The van der Waals surface area contributed by atoms with Gasteiger partial charge in [0.2, 0.25) is 5.91 Å². The van der Waals surface area contributed by atoms with E-state index >= 15 is 0 Å². The largest absolute Gasteiger partial charge is 0.496 e. The van der Waals surface area contributed by atoms with Gasteiger partial charge in [-0.2, -0.15) is 0 Å². The molecule has 0 spiro atoms. The van der Waals surface area contributed by atoms with Crippen LogP contribution in [-0.4, -0.2) is 32.0 Å². The van der Waals surface area contributed by atoms with E-state index in [1.165, 1.54) is 20.1 Å². The van der Waals surface area contributed by atoms with Crippen molar-refractivity contribution >= 4 is 17.5 Å². The molecule has 0 unspecified atom stereocenters. The average Bonchev–Trinajstić information content (AvgIpc) is 2.59. The van der Waals surface area contributed by atoms with Gasteiger partial charge < -0.3 is 15.0 Å². The van der Waals surface area contributed by atoms with Crippen molar-refractivity contribution in [1.29, 1.82) is 0 Å². The van der Waals surface area contributed by atoms with Crippen molar-refractivity contribution < 1.29 is 23.1 Å². The minimum atomic E-state index is -0.841. The molecule has 2 aromatic carbocycles. The first-order chi connectivity index (χ1) is 12.0. The Bertz CT molecular complexity index is 760. The van der Waals surface area contributed by atoms with Crippen molar-refractivity contribution in [2.24, 2.45) is 0 Å². The summed E-state index contributed by atoms with van der Waals surface area (Å²) >= 11 is 0. The molecule has 0 fully saturated rings. The summed E-state index contributed by atoms with van der Waals surface area (Å²) in [5.74, 6) is -2.22. The molecule has 1 N–H and O–H groups in total. The van der Waals surface area contributed by atoms with E-state index < -0.39 is 29.1 Å². The van der Waals surface area contributed by atoms with Crippen LogP contribution >= 0.6 is 0 Å². The Kier molecular flexibility index (Phi) is 6.05. The summed E-state index contributed by atoms with van der Waals surface area (Å²) in [7, 11) is 1.45. The zero-order valence-electron chi connectivity index (χ0n) is 13.9. The number of hydrogen-bond acceptors (Lipinski definition) is 3. The first kappa shape index (κ1) is 18.4. The van der Waals surface area contributed by atoms with E-state index in [9.17, 15) is 18.4 Å². The molecule has 0 radical (unpaired) electrons. The number of carbonyl (C=O) groups excluding carboxylic acids is 2. The number of rotatable bonds is 6. The number of benzene rings is 2. The minimum absolute atomic E-state index is 0.0181. The van der Waals surface area contributed by atoms with Gasteiger partial charge in [0.15, 0.2) is 0 Å². The lowest BCUT2D eigenvalue weighted by Crippen LogP contribution is -2.38. The fourth-order valence-corrected chi connectivity index (χ4v) is 2.38. The number of amides is 2. The van der Waals surface area contributed by atoms with Gasteiger partial charge in [-0.25, -0.2) is 8.78 Å². The van der Waals surface area contributed by atoms with E-state index in [2.05, 4.69) is 5.32 Å². The molecule has 0 bridgehead atoms. The maximum absolute atomic E-state index is 13.9. The second kappa shape index (κ2) is 8.23. The van der Waals surface area contributed by atoms with E-state index in [0.29, 0.717) is 11.3 Å². The maximum Gasteiger partial charge on any atom is 0.255 e. The van der Waals surface area contributed by atoms with Crippen LogP contribution in [0.15, 0.2) is 42.5 Å². The van der Waals surface area contributed by atoms with Crippen LogP contribution in [0.25, 0.3) is 0 Å². The lowest BCUT2D eigenvalue weighted by atomic mass is 10.2. The Morgan fingerprint density at radius 3 is 2.32 bits per heavy atom. The highest BCUT2D eigenvalue weighted by Crippen LogP contribution is 2.23. The number of methoxy groups -OCH3 is 1. The van der Waals surface area contributed by atoms with Crippen LogP contribution in [0.3, 0.4) is 0 Å². The summed E-state index contributed by atoms with van der Waals surface area (Å²) in [5.41, 5.74) is -0.0991. The lowest BCUT2D eigenvalue weighted by Gasteiger charge is -2.22. The summed E-state index contributed by atoms with van der Waals surface area (Å²) < 4.78 is 32.9. The van der Waals surface area contributed by atoms with Crippen LogP contribution in [-0.2, 0) is 4.79 Å². The molecule has 0 saturated heterocycles. The molecule has 0 saturated carbocycles. The van der Waals surface area contributed by atoms with Gasteiger partial charge in [-0.15, -0.1) is 0 Å². The van der Waals surface area contributed by atoms with Gasteiger partial charge in [-0.3, -0.25) is 9.59 Å². The number of ether oxygens (including phenoxy) is 1. The normalized spacial score (nSPS) is 10.2. The predicted molar refractivity (Wildman–Crippen MR) is 89.7 cm³/mol. The molecular weight excluding hydrogens is 330 g/mol. The van der Waals surface area contributed by atoms with Crippen LogP contribution in [0.5, 0.6) is 5.75 Å². The number of para-hydroxylation sites is 2. The third-order valence-corrected chi connectivity index (χ3v) is 3.56. The number of nitrogens with one attached hydrogen (secondary N) is 1. The van der Waals surface area contributed by atoms with Crippen LogP contribution in [0.4, 0.5) is 14.5 Å². The van der Waals surface area contributed by atoms with Gasteiger partial charge in [0.05, 0.1) is 12.7 Å². The molecule has 5 nitrogen and oxygen atoms in total. The predicted octanol–water partition coefficient (Wildman–Crippen LogP) is 2.76. The number of anilines is 1. The zero-order valence-corrected chi connectivity index (χ0v) is 13.9. The topological polar surface area (TPSA) is 58.6 Å². The third-order valence-electron chi connectivity index (χ3n) is 3.56. The standard InChI is InChI=1S/C18H18F2N2O3/c1-12(23)22(17-14(19)7-5-8-15(17)20)11-10-21-18(24)13-6-3-4-9-16(13)25-2/h3-9H,10-11H2,1-2H3,(H,21,24). The molecule has 0 aromatic heterocycles. The van der Waals surface area contributed by atoms with Crippen LogP contribution in [0, 0.1) is 11.6 Å². The SMILES string of the molecule is COc1ccccc1C(=O)NCCN(C(C)=O)c1c(F)cccc1F. The number of halogens is 2. The van der Waals surface area contributed by atoms with Gasteiger partial charge in [-0.05, 0) is 24.3 Å². The first-order valence-electron chi connectivity index (χ1n) is 7.59.